The average molecular weight is 265 g/mol. The van der Waals surface area contributed by atoms with E-state index in [0.717, 1.165) is 44.8 Å². The van der Waals surface area contributed by atoms with Gasteiger partial charge in [-0.25, -0.2) is 0 Å². The van der Waals surface area contributed by atoms with E-state index in [0.29, 0.717) is 6.04 Å². The zero-order valence-corrected chi connectivity index (χ0v) is 12.4. The lowest BCUT2D eigenvalue weighted by Crippen LogP contribution is -2.24. The van der Waals surface area contributed by atoms with Crippen molar-refractivity contribution in [2.75, 3.05) is 26.9 Å². The molecule has 1 atom stereocenters. The van der Waals surface area contributed by atoms with Gasteiger partial charge in [0.1, 0.15) is 5.75 Å². The molecule has 0 saturated heterocycles. The summed E-state index contributed by atoms with van der Waals surface area (Å²) in [6.07, 6.45) is 3.17. The van der Waals surface area contributed by atoms with Crippen molar-refractivity contribution in [2.45, 2.75) is 39.2 Å². The van der Waals surface area contributed by atoms with Gasteiger partial charge in [0.15, 0.2) is 0 Å². The van der Waals surface area contributed by atoms with Crippen LogP contribution in [0.5, 0.6) is 5.75 Å². The molecular formula is C16H27NO2. The molecule has 0 aliphatic carbocycles. The summed E-state index contributed by atoms with van der Waals surface area (Å²) in [4.78, 5) is 0. The molecule has 1 aromatic carbocycles. The van der Waals surface area contributed by atoms with Gasteiger partial charge in [-0.05, 0) is 31.9 Å². The summed E-state index contributed by atoms with van der Waals surface area (Å²) in [6.45, 7) is 6.95. The summed E-state index contributed by atoms with van der Waals surface area (Å²) in [6, 6.07) is 8.51. The number of methoxy groups -OCH3 is 1. The molecule has 1 unspecified atom stereocenters. The maximum atomic E-state index is 5.61. The zero-order valence-electron chi connectivity index (χ0n) is 12.4. The van der Waals surface area contributed by atoms with E-state index >= 15 is 0 Å². The van der Waals surface area contributed by atoms with Crippen LogP contribution >= 0.6 is 0 Å². The van der Waals surface area contributed by atoms with E-state index in [4.69, 9.17) is 9.47 Å². The largest absolute Gasteiger partial charge is 0.496 e. The molecule has 0 spiro atoms. The fourth-order valence-corrected chi connectivity index (χ4v) is 2.09. The molecule has 3 nitrogen and oxygen atoms in total. The van der Waals surface area contributed by atoms with Gasteiger partial charge in [-0.2, -0.15) is 0 Å². The normalized spacial score (nSPS) is 12.4. The Morgan fingerprint density at radius 2 is 1.89 bits per heavy atom. The van der Waals surface area contributed by atoms with Gasteiger partial charge in [-0.15, -0.1) is 0 Å². The molecule has 0 radical (unpaired) electrons. The van der Waals surface area contributed by atoms with Gasteiger partial charge in [0.05, 0.1) is 7.11 Å². The molecule has 1 N–H and O–H groups in total. The van der Waals surface area contributed by atoms with Gasteiger partial charge in [0.25, 0.3) is 0 Å². The summed E-state index contributed by atoms with van der Waals surface area (Å²) in [5.41, 5.74) is 1.22. The number of hydrogen-bond donors (Lipinski definition) is 1. The Morgan fingerprint density at radius 1 is 1.11 bits per heavy atom. The summed E-state index contributed by atoms with van der Waals surface area (Å²) < 4.78 is 11.1. The highest BCUT2D eigenvalue weighted by atomic mass is 16.5. The van der Waals surface area contributed by atoms with Crippen molar-refractivity contribution in [1.29, 1.82) is 0 Å². The van der Waals surface area contributed by atoms with E-state index in [1.165, 1.54) is 5.56 Å². The van der Waals surface area contributed by atoms with Crippen LogP contribution < -0.4 is 10.1 Å². The van der Waals surface area contributed by atoms with Crippen LogP contribution in [0.1, 0.15) is 44.7 Å². The minimum atomic E-state index is 0.299. The first-order valence-electron chi connectivity index (χ1n) is 7.27. The smallest absolute Gasteiger partial charge is 0.123 e. The number of ether oxygens (including phenoxy) is 2. The first-order chi connectivity index (χ1) is 9.33. The lowest BCUT2D eigenvalue weighted by Gasteiger charge is -2.21. The number of rotatable bonds is 10. The van der Waals surface area contributed by atoms with Crippen molar-refractivity contribution in [2.24, 2.45) is 0 Å². The molecule has 0 saturated carbocycles. The SMILES string of the molecule is CCCNC(CCOCCC)c1ccccc1OC. The number of nitrogens with one attached hydrogen (secondary N) is 1. The second kappa shape index (κ2) is 9.82. The molecule has 108 valence electrons. The van der Waals surface area contributed by atoms with Crippen LogP contribution in [0.4, 0.5) is 0 Å². The highest BCUT2D eigenvalue weighted by Crippen LogP contribution is 2.26. The van der Waals surface area contributed by atoms with E-state index in [1.54, 1.807) is 7.11 Å². The Labute approximate surface area is 117 Å². The molecule has 0 aliphatic rings. The van der Waals surface area contributed by atoms with E-state index in [1.807, 2.05) is 12.1 Å². The second-order valence-electron chi connectivity index (χ2n) is 4.65. The fourth-order valence-electron chi connectivity index (χ4n) is 2.09. The van der Waals surface area contributed by atoms with Crippen molar-refractivity contribution >= 4 is 0 Å². The lowest BCUT2D eigenvalue weighted by molar-refractivity contribution is 0.124. The van der Waals surface area contributed by atoms with Gasteiger partial charge < -0.3 is 14.8 Å². The van der Waals surface area contributed by atoms with Gasteiger partial charge in [0, 0.05) is 24.8 Å². The first kappa shape index (κ1) is 16.0. The summed E-state index contributed by atoms with van der Waals surface area (Å²) in [7, 11) is 1.73. The molecule has 3 heteroatoms. The van der Waals surface area contributed by atoms with Crippen molar-refractivity contribution in [3.05, 3.63) is 29.8 Å². The van der Waals surface area contributed by atoms with Crippen LogP contribution in [-0.4, -0.2) is 26.9 Å². The van der Waals surface area contributed by atoms with Crippen LogP contribution in [0.25, 0.3) is 0 Å². The van der Waals surface area contributed by atoms with Crippen LogP contribution in [0.3, 0.4) is 0 Å². The van der Waals surface area contributed by atoms with Crippen LogP contribution in [0.15, 0.2) is 24.3 Å². The zero-order chi connectivity index (χ0) is 13.9. The molecule has 0 amide bonds. The van der Waals surface area contributed by atoms with E-state index in [-0.39, 0.29) is 0 Å². The monoisotopic (exact) mass is 265 g/mol. The molecule has 19 heavy (non-hydrogen) atoms. The van der Waals surface area contributed by atoms with Crippen molar-refractivity contribution in [3.8, 4) is 5.75 Å². The summed E-state index contributed by atoms with van der Waals surface area (Å²) in [5, 5.41) is 3.58. The molecule has 1 aromatic rings. The van der Waals surface area contributed by atoms with Crippen LogP contribution in [0, 0.1) is 0 Å². The van der Waals surface area contributed by atoms with Crippen molar-refractivity contribution < 1.29 is 9.47 Å². The number of benzene rings is 1. The lowest BCUT2D eigenvalue weighted by atomic mass is 10.0. The third-order valence-corrected chi connectivity index (χ3v) is 3.05. The molecule has 1 rings (SSSR count). The highest BCUT2D eigenvalue weighted by molar-refractivity contribution is 5.35. The molecule has 0 fully saturated rings. The molecule has 0 heterocycles. The predicted molar refractivity (Wildman–Crippen MR) is 79.8 cm³/mol. The fraction of sp³-hybridized carbons (Fsp3) is 0.625. The summed E-state index contributed by atoms with van der Waals surface area (Å²) >= 11 is 0. The Bertz CT molecular complexity index is 341. The van der Waals surface area contributed by atoms with E-state index < -0.39 is 0 Å². The van der Waals surface area contributed by atoms with Gasteiger partial charge in [-0.1, -0.05) is 32.0 Å². The Morgan fingerprint density at radius 3 is 2.58 bits per heavy atom. The maximum Gasteiger partial charge on any atom is 0.123 e. The Hall–Kier alpha value is -1.06. The third kappa shape index (κ3) is 5.62. The third-order valence-electron chi connectivity index (χ3n) is 3.05. The van der Waals surface area contributed by atoms with E-state index in [2.05, 4.69) is 31.3 Å². The van der Waals surface area contributed by atoms with Crippen molar-refractivity contribution in [3.63, 3.8) is 0 Å². The Balaban J connectivity index is 2.65. The number of para-hydroxylation sites is 1. The first-order valence-corrected chi connectivity index (χ1v) is 7.27. The van der Waals surface area contributed by atoms with Crippen LogP contribution in [-0.2, 0) is 4.74 Å². The summed E-state index contributed by atoms with van der Waals surface area (Å²) in [5.74, 6) is 0.951. The van der Waals surface area contributed by atoms with E-state index in [9.17, 15) is 0 Å². The topological polar surface area (TPSA) is 30.5 Å². The quantitative estimate of drug-likeness (QED) is 0.656. The Kier molecular flexibility index (Phi) is 8.26. The van der Waals surface area contributed by atoms with Crippen molar-refractivity contribution in [1.82, 2.24) is 5.32 Å². The molecular weight excluding hydrogens is 238 g/mol. The highest BCUT2D eigenvalue weighted by Gasteiger charge is 2.14. The van der Waals surface area contributed by atoms with Gasteiger partial charge >= 0.3 is 0 Å². The molecule has 0 bridgehead atoms. The molecule has 0 aromatic heterocycles. The van der Waals surface area contributed by atoms with Gasteiger partial charge in [0.2, 0.25) is 0 Å². The number of hydrogen-bond acceptors (Lipinski definition) is 3. The standard InChI is InChI=1S/C16H27NO2/c1-4-11-17-15(10-13-19-12-5-2)14-8-6-7-9-16(14)18-3/h6-9,15,17H,4-5,10-13H2,1-3H3. The van der Waals surface area contributed by atoms with Crippen LogP contribution in [0.2, 0.25) is 0 Å². The maximum absolute atomic E-state index is 5.61. The van der Waals surface area contributed by atoms with Gasteiger partial charge in [-0.3, -0.25) is 0 Å². The second-order valence-corrected chi connectivity index (χ2v) is 4.65. The minimum Gasteiger partial charge on any atom is -0.496 e. The predicted octanol–water partition coefficient (Wildman–Crippen LogP) is 3.55. The minimum absolute atomic E-state index is 0.299. The average Bonchev–Trinajstić information content (AvgIpc) is 2.46. The molecule has 0 aliphatic heterocycles.